The minimum absolute atomic E-state index is 0.00281. The molecule has 0 aromatic carbocycles. The van der Waals surface area contributed by atoms with Crippen molar-refractivity contribution in [2.45, 2.75) is 20.4 Å². The summed E-state index contributed by atoms with van der Waals surface area (Å²) < 4.78 is 1.62. The van der Waals surface area contributed by atoms with Crippen molar-refractivity contribution in [2.24, 2.45) is 5.92 Å². The van der Waals surface area contributed by atoms with Gasteiger partial charge in [-0.15, -0.1) is 0 Å². The van der Waals surface area contributed by atoms with E-state index in [4.69, 9.17) is 0 Å². The molecule has 2 rings (SSSR count). The highest BCUT2D eigenvalue weighted by Gasteiger charge is 2.16. The van der Waals surface area contributed by atoms with E-state index in [2.05, 4.69) is 15.6 Å². The lowest BCUT2D eigenvalue weighted by molar-refractivity contribution is -0.129. The van der Waals surface area contributed by atoms with Gasteiger partial charge in [0.05, 0.1) is 6.54 Å². The standard InChI is InChI=1S/C14H23N5O2/c1-11(2)10-19-8-5-16-13(14(19)21)17-9-12(20)18-6-3-15-4-7-18/h5,8,11,15H,3-4,6-7,9-10H2,1-2H3,(H,16,17). The minimum Gasteiger partial charge on any atom is -0.356 e. The van der Waals surface area contributed by atoms with Crippen LogP contribution in [0.25, 0.3) is 0 Å². The van der Waals surface area contributed by atoms with Crippen molar-refractivity contribution in [3.63, 3.8) is 0 Å². The predicted octanol–water partition coefficient (Wildman–Crippen LogP) is -0.257. The van der Waals surface area contributed by atoms with Crippen molar-refractivity contribution in [2.75, 3.05) is 38.0 Å². The second-order valence-electron chi connectivity index (χ2n) is 5.61. The quantitative estimate of drug-likeness (QED) is 0.782. The van der Waals surface area contributed by atoms with Gasteiger partial charge in [0.2, 0.25) is 5.91 Å². The molecule has 1 aromatic heterocycles. The zero-order chi connectivity index (χ0) is 15.2. The van der Waals surface area contributed by atoms with Crippen molar-refractivity contribution in [3.05, 3.63) is 22.7 Å². The molecule has 21 heavy (non-hydrogen) atoms. The Morgan fingerprint density at radius 3 is 2.81 bits per heavy atom. The average Bonchev–Trinajstić information content (AvgIpc) is 2.48. The molecule has 2 heterocycles. The van der Waals surface area contributed by atoms with Crippen LogP contribution < -0.4 is 16.2 Å². The molecule has 2 N–H and O–H groups in total. The van der Waals surface area contributed by atoms with E-state index in [1.54, 1.807) is 21.9 Å². The first-order valence-corrected chi connectivity index (χ1v) is 7.35. The fourth-order valence-electron chi connectivity index (χ4n) is 2.29. The molecular formula is C14H23N5O2. The number of nitrogens with zero attached hydrogens (tertiary/aromatic N) is 3. The summed E-state index contributed by atoms with van der Waals surface area (Å²) in [5.74, 6) is 0.610. The van der Waals surface area contributed by atoms with Crippen LogP contribution in [0.4, 0.5) is 5.82 Å². The highest BCUT2D eigenvalue weighted by molar-refractivity contribution is 5.80. The van der Waals surface area contributed by atoms with Gasteiger partial charge < -0.3 is 20.1 Å². The molecule has 1 aliphatic rings. The Bertz CT molecular complexity index is 534. The summed E-state index contributed by atoms with van der Waals surface area (Å²) in [6, 6.07) is 0. The van der Waals surface area contributed by atoms with Crippen LogP contribution in [-0.2, 0) is 11.3 Å². The van der Waals surface area contributed by atoms with Gasteiger partial charge in [-0.25, -0.2) is 4.98 Å². The van der Waals surface area contributed by atoms with Gasteiger partial charge in [0, 0.05) is 45.1 Å². The molecule has 7 nitrogen and oxygen atoms in total. The van der Waals surface area contributed by atoms with Crippen LogP contribution >= 0.6 is 0 Å². The normalized spacial score (nSPS) is 15.3. The number of carbonyl (C=O) groups excluding carboxylic acids is 1. The van der Waals surface area contributed by atoms with Gasteiger partial charge in [0.25, 0.3) is 5.56 Å². The monoisotopic (exact) mass is 293 g/mol. The summed E-state index contributed by atoms with van der Waals surface area (Å²) in [5, 5.41) is 6.07. The first kappa shape index (κ1) is 15.5. The number of rotatable bonds is 5. The third kappa shape index (κ3) is 4.29. The van der Waals surface area contributed by atoms with Gasteiger partial charge in [-0.3, -0.25) is 9.59 Å². The summed E-state index contributed by atoms with van der Waals surface area (Å²) >= 11 is 0. The number of nitrogens with one attached hydrogen (secondary N) is 2. The van der Waals surface area contributed by atoms with Crippen LogP contribution in [-0.4, -0.2) is 53.1 Å². The maximum absolute atomic E-state index is 12.2. The highest BCUT2D eigenvalue weighted by Crippen LogP contribution is 1.99. The number of hydrogen-bond donors (Lipinski definition) is 2. The Morgan fingerprint density at radius 1 is 1.43 bits per heavy atom. The van der Waals surface area contributed by atoms with Crippen LogP contribution in [0.1, 0.15) is 13.8 Å². The topological polar surface area (TPSA) is 79.3 Å². The highest BCUT2D eigenvalue weighted by atomic mass is 16.2. The first-order chi connectivity index (χ1) is 10.1. The molecule has 1 amide bonds. The molecule has 0 aliphatic carbocycles. The van der Waals surface area contributed by atoms with Gasteiger partial charge >= 0.3 is 0 Å². The number of amides is 1. The Morgan fingerprint density at radius 2 is 2.14 bits per heavy atom. The second kappa shape index (κ2) is 7.21. The third-order valence-corrected chi connectivity index (χ3v) is 3.35. The molecular weight excluding hydrogens is 270 g/mol. The zero-order valence-corrected chi connectivity index (χ0v) is 12.6. The van der Waals surface area contributed by atoms with E-state index >= 15 is 0 Å². The fourth-order valence-corrected chi connectivity index (χ4v) is 2.29. The Kier molecular flexibility index (Phi) is 5.32. The average molecular weight is 293 g/mol. The van der Waals surface area contributed by atoms with E-state index in [9.17, 15) is 9.59 Å². The molecule has 116 valence electrons. The summed E-state index contributed by atoms with van der Waals surface area (Å²) in [7, 11) is 0. The third-order valence-electron chi connectivity index (χ3n) is 3.35. The molecule has 7 heteroatoms. The van der Waals surface area contributed by atoms with E-state index < -0.39 is 0 Å². The van der Waals surface area contributed by atoms with Crippen molar-refractivity contribution in [1.29, 1.82) is 0 Å². The minimum atomic E-state index is -0.181. The molecule has 0 spiro atoms. The van der Waals surface area contributed by atoms with Gasteiger partial charge in [-0.05, 0) is 5.92 Å². The summed E-state index contributed by atoms with van der Waals surface area (Å²) in [6.45, 7) is 7.89. The van der Waals surface area contributed by atoms with Crippen LogP contribution in [0, 0.1) is 5.92 Å². The van der Waals surface area contributed by atoms with E-state index in [0.717, 1.165) is 13.1 Å². The Balaban J connectivity index is 1.96. The van der Waals surface area contributed by atoms with Gasteiger partial charge in [-0.1, -0.05) is 13.8 Å². The summed E-state index contributed by atoms with van der Waals surface area (Å²) in [6.07, 6.45) is 3.26. The van der Waals surface area contributed by atoms with Crippen LogP contribution in [0.3, 0.4) is 0 Å². The van der Waals surface area contributed by atoms with Crippen molar-refractivity contribution in [3.8, 4) is 0 Å². The van der Waals surface area contributed by atoms with E-state index in [-0.39, 0.29) is 23.8 Å². The number of carbonyl (C=O) groups is 1. The number of anilines is 1. The lowest BCUT2D eigenvalue weighted by atomic mass is 10.2. The summed E-state index contributed by atoms with van der Waals surface area (Å²) in [4.78, 5) is 30.1. The first-order valence-electron chi connectivity index (χ1n) is 7.35. The Labute approximate surface area is 124 Å². The van der Waals surface area contributed by atoms with E-state index in [1.807, 2.05) is 13.8 Å². The maximum atomic E-state index is 12.2. The molecule has 1 aromatic rings. The molecule has 1 saturated heterocycles. The van der Waals surface area contributed by atoms with Crippen molar-refractivity contribution < 1.29 is 4.79 Å². The second-order valence-corrected chi connectivity index (χ2v) is 5.61. The summed E-state index contributed by atoms with van der Waals surface area (Å²) in [5.41, 5.74) is -0.181. The molecule has 0 saturated carbocycles. The molecule has 0 bridgehead atoms. The smallest absolute Gasteiger partial charge is 0.293 e. The fraction of sp³-hybridized carbons (Fsp3) is 0.643. The van der Waals surface area contributed by atoms with Gasteiger partial charge in [-0.2, -0.15) is 0 Å². The molecule has 0 unspecified atom stereocenters. The van der Waals surface area contributed by atoms with Crippen LogP contribution in [0.5, 0.6) is 0 Å². The van der Waals surface area contributed by atoms with Crippen LogP contribution in [0.15, 0.2) is 17.2 Å². The largest absolute Gasteiger partial charge is 0.356 e. The lowest BCUT2D eigenvalue weighted by Crippen LogP contribution is -2.48. The Hall–Kier alpha value is -1.89. The molecule has 0 radical (unpaired) electrons. The SMILES string of the molecule is CC(C)Cn1ccnc(NCC(=O)N2CCNCC2)c1=O. The maximum Gasteiger partial charge on any atom is 0.293 e. The zero-order valence-electron chi connectivity index (χ0n) is 12.6. The predicted molar refractivity (Wildman–Crippen MR) is 81.3 cm³/mol. The lowest BCUT2D eigenvalue weighted by Gasteiger charge is -2.27. The molecule has 0 atom stereocenters. The molecule has 1 aliphatic heterocycles. The molecule has 1 fully saturated rings. The van der Waals surface area contributed by atoms with E-state index in [1.165, 1.54) is 0 Å². The van der Waals surface area contributed by atoms with Crippen molar-refractivity contribution >= 4 is 11.7 Å². The number of hydrogen-bond acceptors (Lipinski definition) is 5. The van der Waals surface area contributed by atoms with Crippen LogP contribution in [0.2, 0.25) is 0 Å². The van der Waals surface area contributed by atoms with Gasteiger partial charge in [0.15, 0.2) is 5.82 Å². The number of aromatic nitrogens is 2. The van der Waals surface area contributed by atoms with Gasteiger partial charge in [0.1, 0.15) is 0 Å². The number of piperazine rings is 1. The van der Waals surface area contributed by atoms with E-state index in [0.29, 0.717) is 25.6 Å². The van der Waals surface area contributed by atoms with Crippen molar-refractivity contribution in [1.82, 2.24) is 19.8 Å².